The van der Waals surface area contributed by atoms with Crippen molar-refractivity contribution in [2.24, 2.45) is 5.92 Å². The lowest BCUT2D eigenvalue weighted by molar-refractivity contribution is 0.131. The summed E-state index contributed by atoms with van der Waals surface area (Å²) in [6, 6.07) is 0.0902. The summed E-state index contributed by atoms with van der Waals surface area (Å²) in [6.45, 7) is 8.43. The van der Waals surface area contributed by atoms with Gasteiger partial charge in [-0.1, -0.05) is 13.8 Å². The lowest BCUT2D eigenvalue weighted by atomic mass is 10.00. The number of carbonyl (C=O) groups is 1. The number of ether oxygens (including phenoxy) is 1. The lowest BCUT2D eigenvalue weighted by Crippen LogP contribution is -2.44. The number of carbonyl (C=O) groups excluding carboxylic acids is 1. The topological polar surface area (TPSA) is 41.6 Å². The molecule has 4 nitrogen and oxygen atoms in total. The van der Waals surface area contributed by atoms with Gasteiger partial charge in [0.2, 0.25) is 0 Å². The normalized spacial score (nSPS) is 17.2. The summed E-state index contributed by atoms with van der Waals surface area (Å²) in [7, 11) is 0. The van der Waals surface area contributed by atoms with E-state index in [0.717, 1.165) is 57.9 Å². The molecule has 0 saturated carbocycles. The van der Waals surface area contributed by atoms with Crippen molar-refractivity contribution in [2.75, 3.05) is 32.8 Å². The molecule has 100 valence electrons. The molecule has 2 amide bonds. The minimum atomic E-state index is 0.0902. The quantitative estimate of drug-likeness (QED) is 0.726. The van der Waals surface area contributed by atoms with Crippen molar-refractivity contribution in [3.63, 3.8) is 0 Å². The molecule has 0 aromatic heterocycles. The number of nitrogens with zero attached hydrogens (tertiary/aromatic N) is 1. The van der Waals surface area contributed by atoms with Gasteiger partial charge >= 0.3 is 6.03 Å². The fraction of sp³-hybridized carbons (Fsp3) is 0.923. The molecule has 0 radical (unpaired) electrons. The molecule has 1 rings (SSSR count). The van der Waals surface area contributed by atoms with Crippen molar-refractivity contribution in [3.8, 4) is 0 Å². The van der Waals surface area contributed by atoms with Crippen LogP contribution in [0.2, 0.25) is 0 Å². The first kappa shape index (κ1) is 14.3. The number of likely N-dealkylation sites (tertiary alicyclic amines) is 1. The summed E-state index contributed by atoms with van der Waals surface area (Å²) in [5.74, 6) is 0.765. The molecule has 17 heavy (non-hydrogen) atoms. The number of hydrogen-bond donors (Lipinski definition) is 1. The third-order valence-corrected chi connectivity index (χ3v) is 3.16. The molecule has 1 heterocycles. The van der Waals surface area contributed by atoms with Crippen LogP contribution >= 0.6 is 0 Å². The Morgan fingerprint density at radius 3 is 2.71 bits per heavy atom. The number of nitrogens with one attached hydrogen (secondary N) is 1. The van der Waals surface area contributed by atoms with Crippen LogP contribution in [0.3, 0.4) is 0 Å². The highest BCUT2D eigenvalue weighted by Gasteiger charge is 2.19. The van der Waals surface area contributed by atoms with Crippen molar-refractivity contribution in [2.45, 2.75) is 39.5 Å². The molecule has 0 aromatic rings. The van der Waals surface area contributed by atoms with Crippen molar-refractivity contribution in [1.82, 2.24) is 10.2 Å². The number of rotatable bonds is 6. The van der Waals surface area contributed by atoms with Gasteiger partial charge < -0.3 is 15.0 Å². The van der Waals surface area contributed by atoms with Crippen LogP contribution in [0.15, 0.2) is 0 Å². The number of urea groups is 1. The average molecular weight is 242 g/mol. The first-order valence-electron chi connectivity index (χ1n) is 6.84. The lowest BCUT2D eigenvalue weighted by Gasteiger charge is -2.30. The first-order chi connectivity index (χ1) is 8.24. The van der Waals surface area contributed by atoms with Gasteiger partial charge in [0.1, 0.15) is 0 Å². The van der Waals surface area contributed by atoms with Gasteiger partial charge in [-0.15, -0.1) is 0 Å². The van der Waals surface area contributed by atoms with E-state index < -0.39 is 0 Å². The van der Waals surface area contributed by atoms with E-state index in [-0.39, 0.29) is 6.03 Å². The second-order valence-corrected chi connectivity index (χ2v) is 4.87. The summed E-state index contributed by atoms with van der Waals surface area (Å²) in [5.41, 5.74) is 0. The third-order valence-electron chi connectivity index (χ3n) is 3.16. The fourth-order valence-corrected chi connectivity index (χ4v) is 1.94. The zero-order valence-corrected chi connectivity index (χ0v) is 11.2. The second kappa shape index (κ2) is 8.34. The minimum absolute atomic E-state index is 0.0902. The largest absolute Gasteiger partial charge is 0.381 e. The van der Waals surface area contributed by atoms with Crippen molar-refractivity contribution in [1.29, 1.82) is 0 Å². The van der Waals surface area contributed by atoms with E-state index >= 15 is 0 Å². The molecule has 4 heteroatoms. The van der Waals surface area contributed by atoms with Crippen LogP contribution < -0.4 is 5.32 Å². The minimum Gasteiger partial charge on any atom is -0.381 e. The van der Waals surface area contributed by atoms with Crippen LogP contribution in [0.1, 0.15) is 39.5 Å². The van der Waals surface area contributed by atoms with Crippen LogP contribution in [0.4, 0.5) is 4.79 Å². The zero-order chi connectivity index (χ0) is 12.5. The highest BCUT2D eigenvalue weighted by molar-refractivity contribution is 5.74. The Balaban J connectivity index is 2.01. The monoisotopic (exact) mass is 242 g/mol. The van der Waals surface area contributed by atoms with Gasteiger partial charge in [0, 0.05) is 32.8 Å². The van der Waals surface area contributed by atoms with Crippen molar-refractivity contribution in [3.05, 3.63) is 0 Å². The fourth-order valence-electron chi connectivity index (χ4n) is 1.94. The molecular weight excluding hydrogens is 216 g/mol. The van der Waals surface area contributed by atoms with Gasteiger partial charge in [0.25, 0.3) is 0 Å². The predicted octanol–water partition coefficient (Wildman–Crippen LogP) is 2.24. The van der Waals surface area contributed by atoms with E-state index in [1.165, 1.54) is 0 Å². The summed E-state index contributed by atoms with van der Waals surface area (Å²) in [5, 5.41) is 2.95. The zero-order valence-electron chi connectivity index (χ0n) is 11.2. The average Bonchev–Trinajstić information content (AvgIpc) is 2.34. The molecule has 1 N–H and O–H groups in total. The number of piperidine rings is 1. The van der Waals surface area contributed by atoms with Crippen molar-refractivity contribution < 1.29 is 9.53 Å². The molecule has 0 atom stereocenters. The van der Waals surface area contributed by atoms with Gasteiger partial charge in [-0.05, 0) is 31.6 Å². The van der Waals surface area contributed by atoms with E-state index in [0.29, 0.717) is 6.54 Å². The Morgan fingerprint density at radius 1 is 1.35 bits per heavy atom. The Morgan fingerprint density at radius 2 is 2.06 bits per heavy atom. The van der Waals surface area contributed by atoms with E-state index in [1.54, 1.807) is 0 Å². The molecule has 0 spiro atoms. The standard InChI is InChI=1S/C13H26N2O2/c1-3-10-17-11-4-7-14-13(16)15-8-5-12(2)6-9-15/h12H,3-11H2,1-2H3,(H,14,16). The van der Waals surface area contributed by atoms with Gasteiger partial charge in [-0.25, -0.2) is 4.79 Å². The summed E-state index contributed by atoms with van der Waals surface area (Å²) in [4.78, 5) is 13.7. The Hall–Kier alpha value is -0.770. The van der Waals surface area contributed by atoms with E-state index in [1.807, 2.05) is 4.90 Å². The van der Waals surface area contributed by atoms with Gasteiger partial charge in [-0.2, -0.15) is 0 Å². The van der Waals surface area contributed by atoms with Crippen LogP contribution in [0, 0.1) is 5.92 Å². The molecule has 0 bridgehead atoms. The summed E-state index contributed by atoms with van der Waals surface area (Å²) < 4.78 is 5.36. The molecular formula is C13H26N2O2. The molecule has 1 aliphatic rings. The maximum Gasteiger partial charge on any atom is 0.317 e. The first-order valence-corrected chi connectivity index (χ1v) is 6.84. The van der Waals surface area contributed by atoms with Crippen LogP contribution in [0.25, 0.3) is 0 Å². The smallest absolute Gasteiger partial charge is 0.317 e. The molecule has 1 saturated heterocycles. The molecule has 0 aliphatic carbocycles. The van der Waals surface area contributed by atoms with E-state index in [4.69, 9.17) is 4.74 Å². The summed E-state index contributed by atoms with van der Waals surface area (Å²) in [6.07, 6.45) is 4.22. The third kappa shape index (κ3) is 5.91. The highest BCUT2D eigenvalue weighted by Crippen LogP contribution is 2.15. The van der Waals surface area contributed by atoms with Crippen molar-refractivity contribution >= 4 is 6.03 Å². The van der Waals surface area contributed by atoms with Crippen LogP contribution in [0.5, 0.6) is 0 Å². The Bertz CT molecular complexity index is 213. The second-order valence-electron chi connectivity index (χ2n) is 4.87. The molecule has 1 aliphatic heterocycles. The molecule has 0 aromatic carbocycles. The Kier molecular flexibility index (Phi) is 7.01. The predicted molar refractivity (Wildman–Crippen MR) is 69.1 cm³/mol. The number of amides is 2. The van der Waals surface area contributed by atoms with Gasteiger partial charge in [0.05, 0.1) is 0 Å². The van der Waals surface area contributed by atoms with Gasteiger partial charge in [-0.3, -0.25) is 0 Å². The summed E-state index contributed by atoms with van der Waals surface area (Å²) >= 11 is 0. The van der Waals surface area contributed by atoms with E-state index in [2.05, 4.69) is 19.2 Å². The molecule has 0 unspecified atom stereocenters. The van der Waals surface area contributed by atoms with Crippen LogP contribution in [-0.4, -0.2) is 43.8 Å². The number of hydrogen-bond acceptors (Lipinski definition) is 2. The maximum absolute atomic E-state index is 11.8. The van der Waals surface area contributed by atoms with E-state index in [9.17, 15) is 4.79 Å². The maximum atomic E-state index is 11.8. The highest BCUT2D eigenvalue weighted by atomic mass is 16.5. The van der Waals surface area contributed by atoms with Crippen LogP contribution in [-0.2, 0) is 4.74 Å². The SMILES string of the molecule is CCCOCCCNC(=O)N1CCC(C)CC1. The van der Waals surface area contributed by atoms with Gasteiger partial charge in [0.15, 0.2) is 0 Å². The Labute approximate surface area is 105 Å². The molecule has 1 fully saturated rings.